The monoisotopic (exact) mass is 245 g/mol. The molecule has 1 heterocycles. The molecule has 0 aliphatic carbocycles. The Morgan fingerprint density at radius 2 is 2.17 bits per heavy atom. The minimum Gasteiger partial charge on any atom is -0.453 e. The van der Waals surface area contributed by atoms with E-state index in [0.29, 0.717) is 18.7 Å². The summed E-state index contributed by atoms with van der Waals surface area (Å²) in [6, 6.07) is 7.70. The summed E-state index contributed by atoms with van der Waals surface area (Å²) in [6.45, 7) is 6.16. The van der Waals surface area contributed by atoms with Crippen LogP contribution in [0.15, 0.2) is 28.7 Å². The molecule has 0 aliphatic rings. The van der Waals surface area contributed by atoms with E-state index in [0.717, 1.165) is 16.5 Å². The van der Waals surface area contributed by atoms with Gasteiger partial charge in [-0.25, -0.2) is 0 Å². The molecule has 0 spiro atoms. The van der Waals surface area contributed by atoms with Gasteiger partial charge in [0, 0.05) is 17.3 Å². The number of hydrogen-bond acceptors (Lipinski definition) is 3. The van der Waals surface area contributed by atoms with Crippen LogP contribution in [-0.2, 0) is 0 Å². The lowest BCUT2D eigenvalue weighted by atomic mass is 9.82. The Bertz CT molecular complexity index is 579. The fourth-order valence-corrected chi connectivity index (χ4v) is 2.02. The minimum absolute atomic E-state index is 0.0110. The second kappa shape index (κ2) is 4.58. The molecule has 3 heteroatoms. The molecule has 96 valence electrons. The smallest absolute Gasteiger partial charge is 0.205 e. The number of benzene rings is 1. The van der Waals surface area contributed by atoms with E-state index >= 15 is 0 Å². The summed E-state index contributed by atoms with van der Waals surface area (Å²) in [4.78, 5) is 12.4. The first kappa shape index (κ1) is 12.8. The molecule has 2 N–H and O–H groups in total. The Hall–Kier alpha value is -1.61. The third-order valence-corrected chi connectivity index (χ3v) is 3.74. The van der Waals surface area contributed by atoms with Crippen molar-refractivity contribution in [2.45, 2.75) is 27.2 Å². The molecule has 0 aliphatic heterocycles. The van der Waals surface area contributed by atoms with Crippen LogP contribution in [0.1, 0.15) is 36.4 Å². The van der Waals surface area contributed by atoms with E-state index < -0.39 is 5.41 Å². The van der Waals surface area contributed by atoms with Gasteiger partial charge in [-0.2, -0.15) is 0 Å². The second-order valence-electron chi connectivity index (χ2n) is 5.05. The van der Waals surface area contributed by atoms with Crippen molar-refractivity contribution < 1.29 is 9.21 Å². The van der Waals surface area contributed by atoms with Gasteiger partial charge in [0.2, 0.25) is 5.78 Å². The largest absolute Gasteiger partial charge is 0.453 e. The molecule has 0 saturated heterocycles. The lowest BCUT2D eigenvalue weighted by Gasteiger charge is -2.22. The zero-order valence-corrected chi connectivity index (χ0v) is 11.1. The van der Waals surface area contributed by atoms with Crippen LogP contribution in [0.5, 0.6) is 0 Å². The summed E-state index contributed by atoms with van der Waals surface area (Å²) in [5.41, 5.74) is 7.01. The standard InChI is InChI=1S/C15H19NO2/c1-4-15(3,9-16)14(17)12-8-11-7-5-6-10(2)13(11)18-12/h5-8H,4,9,16H2,1-3H3. The van der Waals surface area contributed by atoms with E-state index in [1.165, 1.54) is 0 Å². The van der Waals surface area contributed by atoms with Crippen molar-refractivity contribution in [1.29, 1.82) is 0 Å². The summed E-state index contributed by atoms with van der Waals surface area (Å²) < 4.78 is 5.71. The number of hydrogen-bond donors (Lipinski definition) is 1. The molecule has 0 bridgehead atoms. The topological polar surface area (TPSA) is 56.2 Å². The van der Waals surface area contributed by atoms with E-state index in [9.17, 15) is 4.79 Å². The van der Waals surface area contributed by atoms with Gasteiger partial charge in [0.15, 0.2) is 5.76 Å². The zero-order valence-electron chi connectivity index (χ0n) is 11.1. The Kier molecular flexibility index (Phi) is 3.26. The number of Topliss-reactive ketones (excluding diaryl/α,β-unsaturated/α-hetero) is 1. The molecule has 2 rings (SSSR count). The van der Waals surface area contributed by atoms with Crippen LogP contribution < -0.4 is 5.73 Å². The molecule has 0 amide bonds. The van der Waals surface area contributed by atoms with Gasteiger partial charge in [-0.3, -0.25) is 4.79 Å². The van der Waals surface area contributed by atoms with Crippen LogP contribution in [0.3, 0.4) is 0 Å². The fourth-order valence-electron chi connectivity index (χ4n) is 2.02. The number of ketones is 1. The molecule has 1 unspecified atom stereocenters. The molecule has 1 atom stereocenters. The van der Waals surface area contributed by atoms with E-state index in [4.69, 9.17) is 10.2 Å². The van der Waals surface area contributed by atoms with Crippen molar-refractivity contribution in [2.24, 2.45) is 11.1 Å². The molecule has 0 saturated carbocycles. The minimum atomic E-state index is -0.540. The van der Waals surface area contributed by atoms with Crippen LogP contribution in [0.4, 0.5) is 0 Å². The van der Waals surface area contributed by atoms with Gasteiger partial charge in [0.25, 0.3) is 0 Å². The molecule has 0 radical (unpaired) electrons. The first-order valence-electron chi connectivity index (χ1n) is 6.26. The van der Waals surface area contributed by atoms with Gasteiger partial charge < -0.3 is 10.2 Å². The average Bonchev–Trinajstić information content (AvgIpc) is 2.82. The summed E-state index contributed by atoms with van der Waals surface area (Å²) in [7, 11) is 0. The number of nitrogens with two attached hydrogens (primary N) is 1. The van der Waals surface area contributed by atoms with Crippen LogP contribution in [0.25, 0.3) is 11.0 Å². The van der Waals surface area contributed by atoms with E-state index in [-0.39, 0.29) is 5.78 Å². The Labute approximate surface area is 107 Å². The summed E-state index contributed by atoms with van der Waals surface area (Å²) >= 11 is 0. The second-order valence-corrected chi connectivity index (χ2v) is 5.05. The molecule has 1 aromatic heterocycles. The number of fused-ring (bicyclic) bond motifs is 1. The van der Waals surface area contributed by atoms with Crippen molar-refractivity contribution in [3.63, 3.8) is 0 Å². The first-order chi connectivity index (χ1) is 8.51. The number of rotatable bonds is 4. The van der Waals surface area contributed by atoms with Crippen molar-refractivity contribution in [1.82, 2.24) is 0 Å². The van der Waals surface area contributed by atoms with Gasteiger partial charge in [-0.1, -0.05) is 32.0 Å². The van der Waals surface area contributed by atoms with Crippen molar-refractivity contribution in [3.8, 4) is 0 Å². The number of carbonyl (C=O) groups excluding carboxylic acids is 1. The highest BCUT2D eigenvalue weighted by Crippen LogP contribution is 2.29. The highest BCUT2D eigenvalue weighted by Gasteiger charge is 2.32. The van der Waals surface area contributed by atoms with Gasteiger partial charge in [0.05, 0.1) is 0 Å². The lowest BCUT2D eigenvalue weighted by molar-refractivity contribution is 0.0792. The van der Waals surface area contributed by atoms with Gasteiger partial charge in [-0.15, -0.1) is 0 Å². The highest BCUT2D eigenvalue weighted by molar-refractivity contribution is 6.01. The highest BCUT2D eigenvalue weighted by atomic mass is 16.3. The number of carbonyl (C=O) groups is 1. The normalized spacial score (nSPS) is 14.7. The zero-order chi connectivity index (χ0) is 13.3. The van der Waals surface area contributed by atoms with Crippen LogP contribution in [-0.4, -0.2) is 12.3 Å². The van der Waals surface area contributed by atoms with Crippen LogP contribution in [0.2, 0.25) is 0 Å². The molecule has 18 heavy (non-hydrogen) atoms. The number of furan rings is 1. The molecule has 1 aromatic carbocycles. The summed E-state index contributed by atoms with van der Waals surface area (Å²) in [5, 5.41) is 0.967. The van der Waals surface area contributed by atoms with E-state index in [2.05, 4.69) is 0 Å². The predicted molar refractivity (Wildman–Crippen MR) is 72.7 cm³/mol. The summed E-state index contributed by atoms with van der Waals surface area (Å²) in [6.07, 6.45) is 0.707. The van der Waals surface area contributed by atoms with E-state index in [1.807, 2.05) is 45.0 Å². The Morgan fingerprint density at radius 1 is 1.44 bits per heavy atom. The van der Waals surface area contributed by atoms with Crippen molar-refractivity contribution >= 4 is 16.8 Å². The van der Waals surface area contributed by atoms with Gasteiger partial charge in [0.1, 0.15) is 5.58 Å². The maximum absolute atomic E-state index is 12.4. The quantitative estimate of drug-likeness (QED) is 0.841. The molecule has 2 aromatic rings. The number of para-hydroxylation sites is 1. The average molecular weight is 245 g/mol. The Morgan fingerprint density at radius 3 is 2.72 bits per heavy atom. The third kappa shape index (κ3) is 1.95. The SMILES string of the molecule is CCC(C)(CN)C(=O)c1cc2cccc(C)c2o1. The third-order valence-electron chi connectivity index (χ3n) is 3.74. The Balaban J connectivity index is 2.49. The maximum Gasteiger partial charge on any atom is 0.205 e. The van der Waals surface area contributed by atoms with Crippen LogP contribution >= 0.6 is 0 Å². The molecule has 0 fully saturated rings. The molecule has 3 nitrogen and oxygen atoms in total. The van der Waals surface area contributed by atoms with Crippen molar-refractivity contribution in [3.05, 3.63) is 35.6 Å². The van der Waals surface area contributed by atoms with E-state index in [1.54, 1.807) is 0 Å². The maximum atomic E-state index is 12.4. The van der Waals surface area contributed by atoms with Gasteiger partial charge >= 0.3 is 0 Å². The number of aryl methyl sites for hydroxylation is 1. The van der Waals surface area contributed by atoms with Gasteiger partial charge in [-0.05, 0) is 25.0 Å². The lowest BCUT2D eigenvalue weighted by Crippen LogP contribution is -2.35. The predicted octanol–water partition coefficient (Wildman–Crippen LogP) is 3.30. The molecular formula is C15H19NO2. The first-order valence-corrected chi connectivity index (χ1v) is 6.26. The van der Waals surface area contributed by atoms with Crippen LogP contribution in [0, 0.1) is 12.3 Å². The fraction of sp³-hybridized carbons (Fsp3) is 0.400. The summed E-state index contributed by atoms with van der Waals surface area (Å²) in [5.74, 6) is 0.400. The van der Waals surface area contributed by atoms with Crippen molar-refractivity contribution in [2.75, 3.05) is 6.54 Å². The molecular weight excluding hydrogens is 226 g/mol.